The topological polar surface area (TPSA) is 105 Å². The van der Waals surface area contributed by atoms with E-state index in [4.69, 9.17) is 0 Å². The number of rotatable bonds is 5. The molecule has 0 saturated carbocycles. The fraction of sp³-hybridized carbons (Fsp3) is 0.222. The molecule has 0 spiro atoms. The van der Waals surface area contributed by atoms with Crippen molar-refractivity contribution in [1.82, 2.24) is 0 Å². The highest BCUT2D eigenvalue weighted by molar-refractivity contribution is 5.93. The lowest BCUT2D eigenvalue weighted by molar-refractivity contribution is -0.385. The smallest absolute Gasteiger partial charge is 0.311 e. The first kappa shape index (κ1) is 18.1. The Morgan fingerprint density at radius 2 is 2.04 bits per heavy atom. The van der Waals surface area contributed by atoms with E-state index in [2.05, 4.69) is 10.3 Å². The van der Waals surface area contributed by atoms with Crippen LogP contribution in [0.15, 0.2) is 41.4 Å². The molecule has 1 amide bonds. The summed E-state index contributed by atoms with van der Waals surface area (Å²) >= 11 is 0. The maximum absolute atomic E-state index is 11.7. The van der Waals surface area contributed by atoms with Gasteiger partial charge in [-0.1, -0.05) is 19.9 Å². The SMILES string of the molecule is Cc1cc(C=Nc2cccc(NC(=O)C(C)C)c2)c(O)c([N+](=O)[O-])c1. The van der Waals surface area contributed by atoms with Crippen LogP contribution >= 0.6 is 0 Å². The van der Waals surface area contributed by atoms with Gasteiger partial charge >= 0.3 is 5.69 Å². The molecule has 0 bridgehead atoms. The second-order valence-corrected chi connectivity index (χ2v) is 5.93. The number of hydrogen-bond acceptors (Lipinski definition) is 5. The van der Waals surface area contributed by atoms with Crippen LogP contribution in [0.5, 0.6) is 5.75 Å². The molecule has 7 nitrogen and oxygen atoms in total. The van der Waals surface area contributed by atoms with Crippen LogP contribution in [-0.4, -0.2) is 22.2 Å². The normalized spacial score (nSPS) is 11.0. The molecule has 0 radical (unpaired) electrons. The molecule has 2 aromatic rings. The minimum atomic E-state index is -0.637. The lowest BCUT2D eigenvalue weighted by atomic mass is 10.1. The summed E-state index contributed by atoms with van der Waals surface area (Å²) in [7, 11) is 0. The molecule has 7 heteroatoms. The average Bonchev–Trinajstić information content (AvgIpc) is 2.55. The number of nitro benzene ring substituents is 1. The fourth-order valence-electron chi connectivity index (χ4n) is 2.12. The zero-order chi connectivity index (χ0) is 18.6. The molecule has 0 aliphatic heterocycles. The third-order valence-electron chi connectivity index (χ3n) is 3.45. The monoisotopic (exact) mass is 341 g/mol. The van der Waals surface area contributed by atoms with Crippen molar-refractivity contribution in [1.29, 1.82) is 0 Å². The van der Waals surface area contributed by atoms with Gasteiger partial charge in [0.1, 0.15) is 0 Å². The Labute approximate surface area is 145 Å². The Hall–Kier alpha value is -3.22. The number of benzene rings is 2. The molecule has 25 heavy (non-hydrogen) atoms. The first-order valence-electron chi connectivity index (χ1n) is 7.71. The standard InChI is InChI=1S/C18H19N3O4/c1-11(2)18(23)20-15-6-4-5-14(9-15)19-10-13-7-12(3)8-16(17(13)22)21(24)25/h4-11,22H,1-3H3,(H,20,23). The van der Waals surface area contributed by atoms with Crippen molar-refractivity contribution < 1.29 is 14.8 Å². The lowest BCUT2D eigenvalue weighted by Crippen LogP contribution is -2.17. The first-order valence-corrected chi connectivity index (χ1v) is 7.71. The number of nitrogens with one attached hydrogen (secondary N) is 1. The van der Waals surface area contributed by atoms with Gasteiger partial charge in [0, 0.05) is 29.4 Å². The fourth-order valence-corrected chi connectivity index (χ4v) is 2.12. The van der Waals surface area contributed by atoms with Crippen molar-refractivity contribution in [3.05, 3.63) is 57.6 Å². The Morgan fingerprint density at radius 1 is 1.32 bits per heavy atom. The summed E-state index contributed by atoms with van der Waals surface area (Å²) in [6.07, 6.45) is 1.36. The Morgan fingerprint density at radius 3 is 2.68 bits per heavy atom. The number of carbonyl (C=O) groups is 1. The Kier molecular flexibility index (Phi) is 5.49. The maximum Gasteiger partial charge on any atom is 0.311 e. The van der Waals surface area contributed by atoms with E-state index in [1.807, 2.05) is 0 Å². The number of nitro groups is 1. The second kappa shape index (κ2) is 7.57. The van der Waals surface area contributed by atoms with E-state index < -0.39 is 10.7 Å². The van der Waals surface area contributed by atoms with Crippen molar-refractivity contribution in [2.75, 3.05) is 5.32 Å². The van der Waals surface area contributed by atoms with Crippen LogP contribution in [0.3, 0.4) is 0 Å². The number of aryl methyl sites for hydroxylation is 1. The lowest BCUT2D eigenvalue weighted by Gasteiger charge is -2.08. The van der Waals surface area contributed by atoms with Gasteiger partial charge in [-0.25, -0.2) is 0 Å². The Bertz CT molecular complexity index is 844. The summed E-state index contributed by atoms with van der Waals surface area (Å²) in [6, 6.07) is 9.79. The molecule has 0 unspecified atom stereocenters. The average molecular weight is 341 g/mol. The largest absolute Gasteiger partial charge is 0.502 e. The second-order valence-electron chi connectivity index (χ2n) is 5.93. The third kappa shape index (κ3) is 4.63. The minimum absolute atomic E-state index is 0.104. The predicted octanol–water partition coefficient (Wildman–Crippen LogP) is 3.95. The van der Waals surface area contributed by atoms with Gasteiger partial charge in [-0.2, -0.15) is 0 Å². The van der Waals surface area contributed by atoms with Crippen LogP contribution in [0.25, 0.3) is 0 Å². The zero-order valence-corrected chi connectivity index (χ0v) is 14.2. The summed E-state index contributed by atoms with van der Waals surface area (Å²) in [5.41, 5.74) is 1.68. The van der Waals surface area contributed by atoms with Crippen LogP contribution in [0.2, 0.25) is 0 Å². The summed E-state index contributed by atoms with van der Waals surface area (Å²) in [5, 5.41) is 23.7. The van der Waals surface area contributed by atoms with E-state index >= 15 is 0 Å². The van der Waals surface area contributed by atoms with Crippen LogP contribution in [0, 0.1) is 23.0 Å². The number of hydrogen-bond donors (Lipinski definition) is 2. The zero-order valence-electron chi connectivity index (χ0n) is 14.2. The van der Waals surface area contributed by atoms with E-state index in [1.54, 1.807) is 51.1 Å². The molecular formula is C18H19N3O4. The van der Waals surface area contributed by atoms with Crippen molar-refractivity contribution in [3.8, 4) is 5.75 Å². The van der Waals surface area contributed by atoms with E-state index in [1.165, 1.54) is 12.3 Å². The molecule has 2 rings (SSSR count). The molecule has 0 fully saturated rings. The van der Waals surface area contributed by atoms with Gasteiger partial charge in [-0.05, 0) is 36.8 Å². The summed E-state index contributed by atoms with van der Waals surface area (Å²) in [6.45, 7) is 5.29. The van der Waals surface area contributed by atoms with Gasteiger partial charge in [0.15, 0.2) is 0 Å². The molecule has 0 atom stereocenters. The number of anilines is 1. The number of phenolic OH excluding ortho intramolecular Hbond substituents is 1. The highest BCUT2D eigenvalue weighted by atomic mass is 16.6. The number of aliphatic imine (C=N–C) groups is 1. The maximum atomic E-state index is 11.7. The first-order chi connectivity index (χ1) is 11.8. The summed E-state index contributed by atoms with van der Waals surface area (Å²) < 4.78 is 0. The number of aromatic hydroxyl groups is 1. The summed E-state index contributed by atoms with van der Waals surface area (Å²) in [5.74, 6) is -0.673. The molecule has 0 aromatic heterocycles. The van der Waals surface area contributed by atoms with E-state index in [-0.39, 0.29) is 23.1 Å². The van der Waals surface area contributed by atoms with Gasteiger partial charge in [-0.3, -0.25) is 19.9 Å². The molecule has 2 aromatic carbocycles. The molecule has 0 heterocycles. The van der Waals surface area contributed by atoms with E-state index in [9.17, 15) is 20.0 Å². The molecule has 130 valence electrons. The number of amides is 1. The van der Waals surface area contributed by atoms with Crippen molar-refractivity contribution in [2.45, 2.75) is 20.8 Å². The van der Waals surface area contributed by atoms with Crippen LogP contribution < -0.4 is 5.32 Å². The van der Waals surface area contributed by atoms with Gasteiger partial charge in [0.25, 0.3) is 0 Å². The molecule has 0 saturated heterocycles. The van der Waals surface area contributed by atoms with E-state index in [0.29, 0.717) is 16.9 Å². The number of nitrogens with zero attached hydrogens (tertiary/aromatic N) is 2. The van der Waals surface area contributed by atoms with Crippen LogP contribution in [0.4, 0.5) is 17.1 Å². The Balaban J connectivity index is 2.28. The highest BCUT2D eigenvalue weighted by Crippen LogP contribution is 2.30. The highest BCUT2D eigenvalue weighted by Gasteiger charge is 2.17. The molecule has 0 aliphatic carbocycles. The molecular weight excluding hydrogens is 322 g/mol. The number of carbonyl (C=O) groups excluding carboxylic acids is 1. The van der Waals surface area contributed by atoms with Gasteiger partial charge < -0.3 is 10.4 Å². The molecule has 0 aliphatic rings. The van der Waals surface area contributed by atoms with Crippen molar-refractivity contribution in [3.63, 3.8) is 0 Å². The van der Waals surface area contributed by atoms with Gasteiger partial charge in [0.2, 0.25) is 11.7 Å². The van der Waals surface area contributed by atoms with Gasteiger partial charge in [0.05, 0.1) is 10.6 Å². The third-order valence-corrected chi connectivity index (χ3v) is 3.45. The predicted molar refractivity (Wildman–Crippen MR) is 96.7 cm³/mol. The van der Waals surface area contributed by atoms with E-state index in [0.717, 1.165) is 0 Å². The molecule has 2 N–H and O–H groups in total. The van der Waals surface area contributed by atoms with Crippen LogP contribution in [0.1, 0.15) is 25.0 Å². The van der Waals surface area contributed by atoms with Crippen molar-refractivity contribution >= 4 is 29.2 Å². The number of phenols is 1. The minimum Gasteiger partial charge on any atom is -0.502 e. The van der Waals surface area contributed by atoms with Crippen molar-refractivity contribution in [2.24, 2.45) is 10.9 Å². The van der Waals surface area contributed by atoms with Gasteiger partial charge in [-0.15, -0.1) is 0 Å². The van der Waals surface area contributed by atoms with Crippen LogP contribution in [-0.2, 0) is 4.79 Å². The summed E-state index contributed by atoms with van der Waals surface area (Å²) in [4.78, 5) is 26.3. The quantitative estimate of drug-likeness (QED) is 0.488.